The Balaban J connectivity index is 1.76. The van der Waals surface area contributed by atoms with Crippen molar-refractivity contribution in [3.8, 4) is 5.75 Å². The van der Waals surface area contributed by atoms with E-state index in [0.717, 1.165) is 30.7 Å². The van der Waals surface area contributed by atoms with Crippen LogP contribution in [0.3, 0.4) is 0 Å². The summed E-state index contributed by atoms with van der Waals surface area (Å²) in [7, 11) is 1.65. The summed E-state index contributed by atoms with van der Waals surface area (Å²) < 4.78 is 5.26. The maximum absolute atomic E-state index is 12.4. The molecule has 0 spiro atoms. The third-order valence-corrected chi connectivity index (χ3v) is 4.17. The summed E-state index contributed by atoms with van der Waals surface area (Å²) in [5.41, 5.74) is 2.69. The highest BCUT2D eigenvalue weighted by atomic mass is 32.1. The molecule has 21 heavy (non-hydrogen) atoms. The Morgan fingerprint density at radius 2 is 2.43 bits per heavy atom. The van der Waals surface area contributed by atoms with Gasteiger partial charge in [-0.05, 0) is 30.5 Å². The van der Waals surface area contributed by atoms with Gasteiger partial charge in [0.15, 0.2) is 0 Å². The monoisotopic (exact) mass is 304 g/mol. The highest BCUT2D eigenvalue weighted by molar-refractivity contribution is 7.13. The average molecular weight is 304 g/mol. The molecule has 110 valence electrons. The molecule has 6 nitrogen and oxygen atoms in total. The van der Waals surface area contributed by atoms with E-state index in [1.807, 2.05) is 29.2 Å². The third kappa shape index (κ3) is 2.97. The van der Waals surface area contributed by atoms with Crippen molar-refractivity contribution in [2.45, 2.75) is 18.9 Å². The number of anilines is 1. The summed E-state index contributed by atoms with van der Waals surface area (Å²) in [5, 5.41) is 10.9. The van der Waals surface area contributed by atoms with Crippen LogP contribution in [0.15, 0.2) is 29.8 Å². The van der Waals surface area contributed by atoms with Gasteiger partial charge in [-0.1, -0.05) is 23.5 Å². The lowest BCUT2D eigenvalue weighted by Gasteiger charge is -2.25. The lowest BCUT2D eigenvalue weighted by molar-refractivity contribution is 0.207. The number of nitrogens with zero attached hydrogens (tertiary/aromatic N) is 3. The van der Waals surface area contributed by atoms with E-state index in [1.54, 1.807) is 12.6 Å². The van der Waals surface area contributed by atoms with Crippen molar-refractivity contribution in [1.82, 2.24) is 15.1 Å². The summed E-state index contributed by atoms with van der Waals surface area (Å²) in [6, 6.07) is 7.83. The number of likely N-dealkylation sites (tertiary alicyclic amines) is 1. The summed E-state index contributed by atoms with van der Waals surface area (Å²) >= 11 is 1.31. The molecule has 1 aromatic carbocycles. The van der Waals surface area contributed by atoms with E-state index in [1.165, 1.54) is 11.3 Å². The van der Waals surface area contributed by atoms with Crippen LogP contribution in [-0.2, 0) is 0 Å². The molecule has 0 bridgehead atoms. The number of hydrogen-bond acceptors (Lipinski definition) is 5. The molecule has 7 heteroatoms. The van der Waals surface area contributed by atoms with Crippen molar-refractivity contribution in [1.29, 1.82) is 0 Å². The lowest BCUT2D eigenvalue weighted by Crippen LogP contribution is -2.34. The van der Waals surface area contributed by atoms with Crippen molar-refractivity contribution >= 4 is 22.5 Å². The Labute approximate surface area is 126 Å². The second kappa shape index (κ2) is 6.09. The summed E-state index contributed by atoms with van der Waals surface area (Å²) in [5.74, 6) is 0.809. The maximum Gasteiger partial charge on any atom is 0.324 e. The summed E-state index contributed by atoms with van der Waals surface area (Å²) in [6.07, 6.45) is 1.95. The number of hydrogen-bond donors (Lipinski definition) is 1. The van der Waals surface area contributed by atoms with Crippen molar-refractivity contribution in [2.24, 2.45) is 0 Å². The summed E-state index contributed by atoms with van der Waals surface area (Å²) in [6.45, 7) is 0.743. The predicted octanol–water partition coefficient (Wildman–Crippen LogP) is 2.92. The fraction of sp³-hybridized carbons (Fsp3) is 0.357. The van der Waals surface area contributed by atoms with Crippen LogP contribution in [0.2, 0.25) is 0 Å². The van der Waals surface area contributed by atoms with Crippen LogP contribution in [0.25, 0.3) is 0 Å². The fourth-order valence-electron chi connectivity index (χ4n) is 2.60. The van der Waals surface area contributed by atoms with Crippen molar-refractivity contribution < 1.29 is 9.53 Å². The van der Waals surface area contributed by atoms with Crippen molar-refractivity contribution in [2.75, 3.05) is 19.0 Å². The molecule has 0 radical (unpaired) electrons. The van der Waals surface area contributed by atoms with Crippen LogP contribution >= 0.6 is 11.3 Å². The van der Waals surface area contributed by atoms with Gasteiger partial charge >= 0.3 is 6.03 Å². The van der Waals surface area contributed by atoms with Gasteiger partial charge in [-0.15, -0.1) is 10.2 Å². The number of carbonyl (C=O) groups is 1. The van der Waals surface area contributed by atoms with Crippen LogP contribution in [0.1, 0.15) is 24.4 Å². The second-order valence-corrected chi connectivity index (χ2v) is 5.64. The van der Waals surface area contributed by atoms with E-state index >= 15 is 0 Å². The first-order valence-corrected chi connectivity index (χ1v) is 7.63. The Morgan fingerprint density at radius 1 is 1.52 bits per heavy atom. The molecule has 1 unspecified atom stereocenters. The van der Waals surface area contributed by atoms with Gasteiger partial charge in [-0.25, -0.2) is 4.79 Å². The first kappa shape index (κ1) is 13.8. The Kier molecular flexibility index (Phi) is 4.01. The zero-order valence-corrected chi connectivity index (χ0v) is 12.5. The molecule has 1 aromatic heterocycles. The van der Waals surface area contributed by atoms with Crippen molar-refractivity contribution in [3.05, 3.63) is 35.3 Å². The first-order chi connectivity index (χ1) is 10.3. The minimum Gasteiger partial charge on any atom is -0.497 e. The molecule has 1 aliphatic rings. The van der Waals surface area contributed by atoms with Gasteiger partial charge in [0.25, 0.3) is 0 Å². The molecule has 2 heterocycles. The number of urea groups is 1. The van der Waals surface area contributed by atoms with Crippen LogP contribution in [0.5, 0.6) is 5.75 Å². The summed E-state index contributed by atoms with van der Waals surface area (Å²) in [4.78, 5) is 14.2. The molecule has 1 N–H and O–H groups in total. The van der Waals surface area contributed by atoms with E-state index in [0.29, 0.717) is 5.13 Å². The molecule has 0 saturated carbocycles. The zero-order chi connectivity index (χ0) is 14.7. The van der Waals surface area contributed by atoms with Crippen LogP contribution in [0.4, 0.5) is 9.93 Å². The molecule has 2 aromatic rings. The number of rotatable bonds is 3. The van der Waals surface area contributed by atoms with Gasteiger partial charge in [-0.3, -0.25) is 5.32 Å². The number of aromatic nitrogens is 2. The highest BCUT2D eigenvalue weighted by Crippen LogP contribution is 2.33. The van der Waals surface area contributed by atoms with E-state index in [2.05, 4.69) is 15.5 Å². The molecule has 1 aliphatic heterocycles. The minimum atomic E-state index is -0.128. The zero-order valence-electron chi connectivity index (χ0n) is 11.7. The average Bonchev–Trinajstić information content (AvgIpc) is 3.18. The van der Waals surface area contributed by atoms with E-state index in [4.69, 9.17) is 4.74 Å². The lowest BCUT2D eigenvalue weighted by atomic mass is 10.0. The molecule has 1 saturated heterocycles. The van der Waals surface area contributed by atoms with E-state index < -0.39 is 0 Å². The standard InChI is InChI=1S/C14H16N4O2S/c1-20-11-5-2-4-10(8-11)12-6-3-7-18(12)14(19)16-13-17-15-9-21-13/h2,4-5,8-9,12H,3,6-7H2,1H3,(H,16,17,19). The maximum atomic E-state index is 12.4. The molecular formula is C14H16N4O2S. The molecule has 2 amide bonds. The normalized spacial score (nSPS) is 17.8. The number of nitrogens with one attached hydrogen (secondary N) is 1. The van der Waals surface area contributed by atoms with Gasteiger partial charge < -0.3 is 9.64 Å². The molecular weight excluding hydrogens is 288 g/mol. The van der Waals surface area contributed by atoms with E-state index in [9.17, 15) is 4.79 Å². The van der Waals surface area contributed by atoms with Gasteiger partial charge in [-0.2, -0.15) is 0 Å². The van der Waals surface area contributed by atoms with Gasteiger partial charge in [0.1, 0.15) is 11.3 Å². The number of carbonyl (C=O) groups excluding carboxylic acids is 1. The Morgan fingerprint density at radius 3 is 3.19 bits per heavy atom. The topological polar surface area (TPSA) is 67.3 Å². The number of amides is 2. The van der Waals surface area contributed by atoms with Crippen LogP contribution in [0, 0.1) is 0 Å². The Hall–Kier alpha value is -2.15. The van der Waals surface area contributed by atoms with Gasteiger partial charge in [0, 0.05) is 6.54 Å². The first-order valence-electron chi connectivity index (χ1n) is 6.75. The third-order valence-electron chi connectivity index (χ3n) is 3.57. The highest BCUT2D eigenvalue weighted by Gasteiger charge is 2.30. The predicted molar refractivity (Wildman–Crippen MR) is 80.6 cm³/mol. The van der Waals surface area contributed by atoms with Crippen molar-refractivity contribution in [3.63, 3.8) is 0 Å². The van der Waals surface area contributed by atoms with Gasteiger partial charge in [0.2, 0.25) is 5.13 Å². The van der Waals surface area contributed by atoms with Crippen LogP contribution in [-0.4, -0.2) is 34.8 Å². The second-order valence-electron chi connectivity index (χ2n) is 4.80. The molecule has 1 atom stereocenters. The molecule has 1 fully saturated rings. The molecule has 0 aliphatic carbocycles. The smallest absolute Gasteiger partial charge is 0.324 e. The SMILES string of the molecule is COc1cccc(C2CCCN2C(=O)Nc2nncs2)c1. The fourth-order valence-corrected chi connectivity index (χ4v) is 3.03. The van der Waals surface area contributed by atoms with Gasteiger partial charge in [0.05, 0.1) is 13.2 Å². The molecule has 3 rings (SSSR count). The largest absolute Gasteiger partial charge is 0.497 e. The number of ether oxygens (including phenoxy) is 1. The number of benzene rings is 1. The number of methoxy groups -OCH3 is 1. The Bertz CT molecular complexity index is 617. The van der Waals surface area contributed by atoms with E-state index in [-0.39, 0.29) is 12.1 Å². The van der Waals surface area contributed by atoms with Crippen LogP contribution < -0.4 is 10.1 Å². The minimum absolute atomic E-state index is 0.0769. The quantitative estimate of drug-likeness (QED) is 0.946.